The molecule has 0 amide bonds. The number of anilines is 1. The Hall–Kier alpha value is -0.540. The first kappa shape index (κ1) is 14.4. The van der Waals surface area contributed by atoms with Gasteiger partial charge in [0, 0.05) is 35.3 Å². The third-order valence-corrected chi connectivity index (χ3v) is 5.36. The van der Waals surface area contributed by atoms with E-state index in [1.165, 1.54) is 60.8 Å². The number of hydrogen-bond donors (Lipinski definition) is 1. The highest BCUT2D eigenvalue weighted by molar-refractivity contribution is 9.10. The second kappa shape index (κ2) is 6.48. The Labute approximate surface area is 131 Å². The lowest BCUT2D eigenvalue weighted by Gasteiger charge is -2.37. The van der Waals surface area contributed by atoms with Gasteiger partial charge in [-0.3, -0.25) is 0 Å². The van der Waals surface area contributed by atoms with Crippen molar-refractivity contribution in [3.63, 3.8) is 0 Å². The second-order valence-corrected chi connectivity index (χ2v) is 7.04. The van der Waals surface area contributed by atoms with Crippen LogP contribution >= 0.6 is 15.9 Å². The van der Waals surface area contributed by atoms with Crippen LogP contribution in [0.25, 0.3) is 0 Å². The molecule has 1 aliphatic heterocycles. The molecule has 0 bridgehead atoms. The fourth-order valence-corrected chi connectivity index (χ4v) is 3.67. The van der Waals surface area contributed by atoms with Crippen LogP contribution in [0.3, 0.4) is 0 Å². The van der Waals surface area contributed by atoms with Crippen molar-refractivity contribution in [3.05, 3.63) is 28.2 Å². The van der Waals surface area contributed by atoms with Crippen molar-refractivity contribution in [2.45, 2.75) is 64.1 Å². The van der Waals surface area contributed by atoms with Crippen molar-refractivity contribution in [2.75, 3.05) is 11.4 Å². The highest BCUT2D eigenvalue weighted by atomic mass is 79.9. The van der Waals surface area contributed by atoms with E-state index in [2.05, 4.69) is 51.3 Å². The van der Waals surface area contributed by atoms with Crippen LogP contribution in [0.2, 0.25) is 0 Å². The third kappa shape index (κ3) is 3.37. The minimum atomic E-state index is 0.728. The second-order valence-electron chi connectivity index (χ2n) is 6.18. The van der Waals surface area contributed by atoms with Gasteiger partial charge < -0.3 is 10.2 Å². The number of piperidine rings is 1. The zero-order valence-electron chi connectivity index (χ0n) is 12.4. The van der Waals surface area contributed by atoms with Gasteiger partial charge in [-0.15, -0.1) is 0 Å². The normalized spacial score (nSPS) is 23.1. The van der Waals surface area contributed by atoms with Gasteiger partial charge in [0.15, 0.2) is 0 Å². The molecule has 1 aliphatic carbocycles. The molecular formula is C17H25BrN2. The van der Waals surface area contributed by atoms with E-state index in [1.54, 1.807) is 0 Å². The number of halogens is 1. The molecule has 0 aromatic heterocycles. The lowest BCUT2D eigenvalue weighted by molar-refractivity contribution is 0.450. The molecule has 2 nitrogen and oxygen atoms in total. The van der Waals surface area contributed by atoms with Gasteiger partial charge in [-0.1, -0.05) is 28.9 Å². The minimum absolute atomic E-state index is 0.728. The molecule has 110 valence electrons. The van der Waals surface area contributed by atoms with E-state index < -0.39 is 0 Å². The maximum atomic E-state index is 3.76. The summed E-state index contributed by atoms with van der Waals surface area (Å²) in [6.45, 7) is 4.51. The van der Waals surface area contributed by atoms with Crippen molar-refractivity contribution < 1.29 is 0 Å². The van der Waals surface area contributed by atoms with Gasteiger partial charge in [0.25, 0.3) is 0 Å². The van der Waals surface area contributed by atoms with Gasteiger partial charge in [0.05, 0.1) is 0 Å². The lowest BCUT2D eigenvalue weighted by Crippen LogP contribution is -2.39. The van der Waals surface area contributed by atoms with E-state index >= 15 is 0 Å². The molecule has 1 unspecified atom stereocenters. The van der Waals surface area contributed by atoms with Crippen LogP contribution in [0.15, 0.2) is 22.7 Å². The Morgan fingerprint density at radius 3 is 2.80 bits per heavy atom. The number of hydrogen-bond acceptors (Lipinski definition) is 2. The number of nitrogens with zero attached hydrogens (tertiary/aromatic N) is 1. The number of benzene rings is 1. The molecule has 1 heterocycles. The molecule has 1 atom stereocenters. The summed E-state index contributed by atoms with van der Waals surface area (Å²) in [7, 11) is 0. The topological polar surface area (TPSA) is 15.3 Å². The Kier molecular flexibility index (Phi) is 4.67. The van der Waals surface area contributed by atoms with Crippen LogP contribution in [0.4, 0.5) is 5.69 Å². The SMILES string of the molecule is CCC1CCCCN1c1ccc(CNC2CC2)c(Br)c1. The molecule has 2 fully saturated rings. The largest absolute Gasteiger partial charge is 0.369 e. The molecule has 1 aromatic rings. The van der Waals surface area contributed by atoms with Crippen molar-refractivity contribution in [2.24, 2.45) is 0 Å². The van der Waals surface area contributed by atoms with E-state index in [0.29, 0.717) is 0 Å². The molecule has 0 radical (unpaired) electrons. The molecule has 3 heteroatoms. The predicted octanol–water partition coefficient (Wildman–Crippen LogP) is 4.47. The Morgan fingerprint density at radius 1 is 1.25 bits per heavy atom. The zero-order valence-corrected chi connectivity index (χ0v) is 14.0. The van der Waals surface area contributed by atoms with E-state index in [4.69, 9.17) is 0 Å². The highest BCUT2D eigenvalue weighted by Crippen LogP contribution is 2.30. The molecule has 3 rings (SSSR count). The molecular weight excluding hydrogens is 312 g/mol. The first-order valence-electron chi connectivity index (χ1n) is 8.06. The summed E-state index contributed by atoms with van der Waals surface area (Å²) in [5, 5.41) is 3.59. The van der Waals surface area contributed by atoms with Gasteiger partial charge in [-0.25, -0.2) is 0 Å². The first-order chi connectivity index (χ1) is 9.78. The fourth-order valence-electron chi connectivity index (χ4n) is 3.16. The van der Waals surface area contributed by atoms with Gasteiger partial charge in [-0.2, -0.15) is 0 Å². The summed E-state index contributed by atoms with van der Waals surface area (Å²) < 4.78 is 1.25. The molecule has 2 aliphatic rings. The quantitative estimate of drug-likeness (QED) is 0.853. The summed E-state index contributed by atoms with van der Waals surface area (Å²) in [5.74, 6) is 0. The maximum Gasteiger partial charge on any atom is 0.0380 e. The first-order valence-corrected chi connectivity index (χ1v) is 8.85. The maximum absolute atomic E-state index is 3.76. The molecule has 1 N–H and O–H groups in total. The van der Waals surface area contributed by atoms with Gasteiger partial charge >= 0.3 is 0 Å². The molecule has 0 spiro atoms. The average molecular weight is 337 g/mol. The number of rotatable bonds is 5. The summed E-state index contributed by atoms with van der Waals surface area (Å²) >= 11 is 3.76. The lowest BCUT2D eigenvalue weighted by atomic mass is 9.99. The van der Waals surface area contributed by atoms with Crippen LogP contribution < -0.4 is 10.2 Å². The van der Waals surface area contributed by atoms with Crippen molar-refractivity contribution in [3.8, 4) is 0 Å². The van der Waals surface area contributed by atoms with Crippen LogP contribution in [-0.2, 0) is 6.54 Å². The molecule has 20 heavy (non-hydrogen) atoms. The van der Waals surface area contributed by atoms with Crippen molar-refractivity contribution >= 4 is 21.6 Å². The summed E-state index contributed by atoms with van der Waals surface area (Å²) in [6, 6.07) is 8.41. The predicted molar refractivity (Wildman–Crippen MR) is 89.3 cm³/mol. The fraction of sp³-hybridized carbons (Fsp3) is 0.647. The zero-order chi connectivity index (χ0) is 13.9. The van der Waals surface area contributed by atoms with Gasteiger partial charge in [0.2, 0.25) is 0 Å². The molecule has 1 saturated heterocycles. The Bertz CT molecular complexity index is 456. The Balaban J connectivity index is 1.70. The van der Waals surface area contributed by atoms with Gasteiger partial charge in [-0.05, 0) is 56.2 Å². The third-order valence-electron chi connectivity index (χ3n) is 4.63. The Morgan fingerprint density at radius 2 is 2.10 bits per heavy atom. The minimum Gasteiger partial charge on any atom is -0.369 e. The van der Waals surface area contributed by atoms with Crippen LogP contribution in [0.1, 0.15) is 51.0 Å². The summed E-state index contributed by atoms with van der Waals surface area (Å²) in [6.07, 6.45) is 8.02. The van der Waals surface area contributed by atoms with E-state index in [-0.39, 0.29) is 0 Å². The van der Waals surface area contributed by atoms with Crippen molar-refractivity contribution in [1.82, 2.24) is 5.32 Å². The molecule has 1 aromatic carbocycles. The van der Waals surface area contributed by atoms with E-state index in [1.807, 2.05) is 0 Å². The standard InChI is InChI=1S/C17H25BrN2/c1-2-15-5-3-4-10-20(15)16-9-6-13(17(18)11-16)12-19-14-7-8-14/h6,9,11,14-15,19H,2-5,7-8,10,12H2,1H3. The van der Waals surface area contributed by atoms with E-state index in [0.717, 1.165) is 18.6 Å². The smallest absolute Gasteiger partial charge is 0.0380 e. The van der Waals surface area contributed by atoms with Crippen LogP contribution in [0.5, 0.6) is 0 Å². The van der Waals surface area contributed by atoms with E-state index in [9.17, 15) is 0 Å². The van der Waals surface area contributed by atoms with Crippen LogP contribution in [0, 0.1) is 0 Å². The van der Waals surface area contributed by atoms with Crippen molar-refractivity contribution in [1.29, 1.82) is 0 Å². The average Bonchev–Trinajstić information content (AvgIpc) is 3.30. The summed E-state index contributed by atoms with van der Waals surface area (Å²) in [5.41, 5.74) is 2.77. The monoisotopic (exact) mass is 336 g/mol. The number of nitrogens with one attached hydrogen (secondary N) is 1. The van der Waals surface area contributed by atoms with Crippen LogP contribution in [-0.4, -0.2) is 18.6 Å². The summed E-state index contributed by atoms with van der Waals surface area (Å²) in [4.78, 5) is 2.60. The van der Waals surface area contributed by atoms with Gasteiger partial charge in [0.1, 0.15) is 0 Å². The highest BCUT2D eigenvalue weighted by Gasteiger charge is 2.22. The molecule has 1 saturated carbocycles.